The van der Waals surface area contributed by atoms with Crippen LogP contribution in [0.2, 0.25) is 0 Å². The van der Waals surface area contributed by atoms with Crippen LogP contribution in [-0.4, -0.2) is 30.2 Å². The zero-order valence-electron chi connectivity index (χ0n) is 7.12. The number of carboxylic acid groups (broad SMARTS) is 1. The van der Waals surface area contributed by atoms with Crippen molar-refractivity contribution >= 4 is 5.97 Å². The molecular weight excluding hydrogens is 156 g/mol. The third-order valence-corrected chi connectivity index (χ3v) is 2.34. The van der Waals surface area contributed by atoms with E-state index in [9.17, 15) is 4.79 Å². The van der Waals surface area contributed by atoms with Gasteiger partial charge in [-0.1, -0.05) is 6.42 Å². The third kappa shape index (κ3) is 2.79. The van der Waals surface area contributed by atoms with Gasteiger partial charge in [-0.05, 0) is 25.3 Å². The molecule has 1 rings (SSSR count). The number of nitrogens with one attached hydrogen (secondary N) is 1. The largest absolute Gasteiger partial charge is 0.480 e. The first-order chi connectivity index (χ1) is 5.70. The Kier molecular flexibility index (Phi) is 3.49. The van der Waals surface area contributed by atoms with Gasteiger partial charge in [-0.25, -0.2) is 0 Å². The highest BCUT2D eigenvalue weighted by atomic mass is 16.4. The maximum absolute atomic E-state index is 10.3. The van der Waals surface area contributed by atoms with Crippen LogP contribution in [0.15, 0.2) is 0 Å². The van der Waals surface area contributed by atoms with Gasteiger partial charge in [-0.15, -0.1) is 0 Å². The van der Waals surface area contributed by atoms with E-state index in [4.69, 9.17) is 10.8 Å². The van der Waals surface area contributed by atoms with Crippen molar-refractivity contribution in [2.45, 2.75) is 25.3 Å². The Morgan fingerprint density at radius 2 is 2.33 bits per heavy atom. The summed E-state index contributed by atoms with van der Waals surface area (Å²) in [5.74, 6) is -0.179. The van der Waals surface area contributed by atoms with Crippen LogP contribution in [0.4, 0.5) is 0 Å². The lowest BCUT2D eigenvalue weighted by Gasteiger charge is -2.25. The maximum atomic E-state index is 10.3. The van der Waals surface area contributed by atoms with Crippen molar-refractivity contribution in [3.63, 3.8) is 0 Å². The highest BCUT2D eigenvalue weighted by molar-refractivity contribution is 5.73. The number of rotatable bonds is 5. The molecule has 0 spiro atoms. The molecule has 1 aliphatic rings. The maximum Gasteiger partial charge on any atom is 0.321 e. The van der Waals surface area contributed by atoms with Gasteiger partial charge in [0.15, 0.2) is 0 Å². The number of carboxylic acids is 1. The average Bonchev–Trinajstić information content (AvgIpc) is 1.93. The molecule has 0 bridgehead atoms. The fourth-order valence-corrected chi connectivity index (χ4v) is 1.23. The minimum Gasteiger partial charge on any atom is -0.480 e. The smallest absolute Gasteiger partial charge is 0.321 e. The second-order valence-electron chi connectivity index (χ2n) is 3.40. The van der Waals surface area contributed by atoms with Crippen molar-refractivity contribution in [3.05, 3.63) is 0 Å². The molecule has 0 heterocycles. The van der Waals surface area contributed by atoms with Gasteiger partial charge < -0.3 is 16.2 Å². The first kappa shape index (κ1) is 9.48. The molecule has 1 atom stereocenters. The molecule has 0 aromatic carbocycles. The van der Waals surface area contributed by atoms with Gasteiger partial charge in [-0.3, -0.25) is 4.79 Å². The van der Waals surface area contributed by atoms with Crippen LogP contribution in [0.3, 0.4) is 0 Å². The minimum atomic E-state index is -0.934. The monoisotopic (exact) mass is 172 g/mol. The van der Waals surface area contributed by atoms with Gasteiger partial charge in [-0.2, -0.15) is 0 Å². The van der Waals surface area contributed by atoms with Crippen molar-refractivity contribution < 1.29 is 9.90 Å². The lowest BCUT2D eigenvalue weighted by atomic mass is 9.85. The number of hydrogen-bond donors (Lipinski definition) is 3. The summed E-state index contributed by atoms with van der Waals surface area (Å²) >= 11 is 0. The van der Waals surface area contributed by atoms with E-state index in [0.29, 0.717) is 6.54 Å². The predicted molar refractivity (Wildman–Crippen MR) is 45.8 cm³/mol. The van der Waals surface area contributed by atoms with E-state index in [-0.39, 0.29) is 0 Å². The average molecular weight is 172 g/mol. The van der Waals surface area contributed by atoms with Gasteiger partial charge in [0, 0.05) is 6.54 Å². The molecule has 1 saturated carbocycles. The van der Waals surface area contributed by atoms with Crippen LogP contribution in [0.25, 0.3) is 0 Å². The Morgan fingerprint density at radius 1 is 1.67 bits per heavy atom. The molecule has 12 heavy (non-hydrogen) atoms. The fourth-order valence-electron chi connectivity index (χ4n) is 1.23. The molecule has 4 heteroatoms. The molecular formula is C8H16N2O2. The molecule has 1 aliphatic carbocycles. The quantitative estimate of drug-likeness (QED) is 0.536. The van der Waals surface area contributed by atoms with Crippen LogP contribution < -0.4 is 11.1 Å². The Morgan fingerprint density at radius 3 is 2.75 bits per heavy atom. The molecule has 1 unspecified atom stereocenters. The molecule has 1 fully saturated rings. The molecule has 0 radical (unpaired) electrons. The van der Waals surface area contributed by atoms with Gasteiger partial charge >= 0.3 is 5.97 Å². The second-order valence-corrected chi connectivity index (χ2v) is 3.40. The summed E-state index contributed by atoms with van der Waals surface area (Å²) in [5.41, 5.74) is 5.30. The van der Waals surface area contributed by atoms with Crippen LogP contribution in [0.5, 0.6) is 0 Å². The number of nitrogens with two attached hydrogens (primary N) is 1. The highest BCUT2D eigenvalue weighted by Gasteiger charge is 2.17. The Labute approximate surface area is 72.1 Å². The molecule has 4 nitrogen and oxygen atoms in total. The molecule has 0 aromatic rings. The summed E-state index contributed by atoms with van der Waals surface area (Å²) in [6.45, 7) is 1.30. The van der Waals surface area contributed by atoms with Crippen molar-refractivity contribution in [1.82, 2.24) is 5.32 Å². The van der Waals surface area contributed by atoms with Gasteiger partial charge in [0.2, 0.25) is 0 Å². The third-order valence-electron chi connectivity index (χ3n) is 2.34. The van der Waals surface area contributed by atoms with Crippen LogP contribution in [-0.2, 0) is 4.79 Å². The zero-order valence-corrected chi connectivity index (χ0v) is 7.12. The first-order valence-corrected chi connectivity index (χ1v) is 4.39. The van der Waals surface area contributed by atoms with Crippen molar-refractivity contribution in [2.75, 3.05) is 13.1 Å². The van der Waals surface area contributed by atoms with Gasteiger partial charge in [0.1, 0.15) is 6.04 Å². The summed E-state index contributed by atoms with van der Waals surface area (Å²) in [6.07, 6.45) is 3.86. The molecule has 0 saturated heterocycles. The van der Waals surface area contributed by atoms with E-state index in [1.54, 1.807) is 0 Å². The summed E-state index contributed by atoms with van der Waals surface area (Å²) in [6, 6.07) is -0.759. The molecule has 0 aromatic heterocycles. The van der Waals surface area contributed by atoms with E-state index < -0.39 is 12.0 Å². The number of hydrogen-bond acceptors (Lipinski definition) is 3. The molecule has 0 amide bonds. The van der Waals surface area contributed by atoms with E-state index in [1.807, 2.05) is 0 Å². The van der Waals surface area contributed by atoms with Crippen molar-refractivity contribution in [3.8, 4) is 0 Å². The predicted octanol–water partition coefficient (Wildman–Crippen LogP) is -0.212. The highest BCUT2D eigenvalue weighted by Crippen LogP contribution is 2.24. The van der Waals surface area contributed by atoms with E-state index in [0.717, 1.165) is 12.5 Å². The minimum absolute atomic E-state index is 0.381. The van der Waals surface area contributed by atoms with E-state index >= 15 is 0 Å². The molecule has 4 N–H and O–H groups in total. The van der Waals surface area contributed by atoms with Crippen molar-refractivity contribution in [2.24, 2.45) is 11.7 Å². The van der Waals surface area contributed by atoms with Crippen LogP contribution in [0.1, 0.15) is 19.3 Å². The summed E-state index contributed by atoms with van der Waals surface area (Å²) in [4.78, 5) is 10.3. The van der Waals surface area contributed by atoms with Gasteiger partial charge in [0.05, 0.1) is 0 Å². The van der Waals surface area contributed by atoms with E-state index in [2.05, 4.69) is 5.32 Å². The fraction of sp³-hybridized carbons (Fsp3) is 0.875. The van der Waals surface area contributed by atoms with Crippen molar-refractivity contribution in [1.29, 1.82) is 0 Å². The topological polar surface area (TPSA) is 75.3 Å². The number of carbonyl (C=O) groups is 1. The SMILES string of the molecule is NC(CNCC1CCC1)C(=O)O. The zero-order chi connectivity index (χ0) is 8.97. The lowest BCUT2D eigenvalue weighted by Crippen LogP contribution is -2.42. The normalized spacial score (nSPS) is 20.1. The molecule has 0 aliphatic heterocycles. The van der Waals surface area contributed by atoms with E-state index in [1.165, 1.54) is 19.3 Å². The van der Waals surface area contributed by atoms with Crippen LogP contribution >= 0.6 is 0 Å². The Hall–Kier alpha value is -0.610. The second kappa shape index (κ2) is 4.42. The first-order valence-electron chi connectivity index (χ1n) is 4.39. The Bertz CT molecular complexity index is 157. The standard InChI is InChI=1S/C8H16N2O2/c9-7(8(11)12)5-10-4-6-2-1-3-6/h6-7,10H,1-5,9H2,(H,11,12). The summed E-state index contributed by atoms with van der Waals surface area (Å²) in [7, 11) is 0. The number of aliphatic carboxylic acids is 1. The molecule has 70 valence electrons. The van der Waals surface area contributed by atoms with Gasteiger partial charge in [0.25, 0.3) is 0 Å². The van der Waals surface area contributed by atoms with Crippen LogP contribution in [0, 0.1) is 5.92 Å². The lowest BCUT2D eigenvalue weighted by molar-refractivity contribution is -0.138. The summed E-state index contributed by atoms with van der Waals surface area (Å²) < 4.78 is 0. The Balaban J connectivity index is 1.97. The summed E-state index contributed by atoms with van der Waals surface area (Å²) in [5, 5.41) is 11.5.